The van der Waals surface area contributed by atoms with Crippen molar-refractivity contribution in [2.24, 2.45) is 7.05 Å². The van der Waals surface area contributed by atoms with Crippen molar-refractivity contribution in [3.63, 3.8) is 0 Å². The van der Waals surface area contributed by atoms with Crippen LogP contribution in [-0.2, 0) is 13.6 Å². The van der Waals surface area contributed by atoms with Gasteiger partial charge in [-0.25, -0.2) is 9.97 Å². The number of nitrogens with two attached hydrogens (primary N) is 1. The number of fused-ring (bicyclic) bond motifs is 1. The normalized spacial score (nSPS) is 11.2. The Balaban J connectivity index is 1.90. The van der Waals surface area contributed by atoms with Gasteiger partial charge in [-0.2, -0.15) is 4.98 Å². The fourth-order valence-electron chi connectivity index (χ4n) is 3.02. The minimum atomic E-state index is 0.232. The fraction of sp³-hybridized carbons (Fsp3) is 0.158. The first-order valence-corrected chi connectivity index (χ1v) is 8.31. The number of rotatable bonds is 4. The lowest BCUT2D eigenvalue weighted by Crippen LogP contribution is -2.04. The van der Waals surface area contributed by atoms with Crippen LogP contribution in [0.25, 0.3) is 33.8 Å². The maximum atomic E-state index is 5.97. The van der Waals surface area contributed by atoms with Gasteiger partial charge in [0.2, 0.25) is 5.95 Å². The average Bonchev–Trinajstić information content (AvgIpc) is 3.00. The number of imidazole rings is 1. The molecule has 3 aromatic heterocycles. The van der Waals surface area contributed by atoms with Gasteiger partial charge < -0.3 is 15.6 Å². The Morgan fingerprint density at radius 3 is 2.38 bits per heavy atom. The van der Waals surface area contributed by atoms with Crippen LogP contribution < -0.4 is 11.1 Å². The first-order valence-electron chi connectivity index (χ1n) is 8.31. The monoisotopic (exact) mass is 345 g/mol. The van der Waals surface area contributed by atoms with Gasteiger partial charge in [-0.1, -0.05) is 24.3 Å². The molecule has 0 aliphatic carbocycles. The lowest BCUT2D eigenvalue weighted by molar-refractivity contribution is 0.818. The van der Waals surface area contributed by atoms with Crippen molar-refractivity contribution in [1.29, 1.82) is 0 Å². The van der Waals surface area contributed by atoms with Crippen LogP contribution in [0.2, 0.25) is 0 Å². The molecule has 0 aliphatic rings. The summed E-state index contributed by atoms with van der Waals surface area (Å²) in [4.78, 5) is 17.7. The van der Waals surface area contributed by atoms with Crippen LogP contribution in [0.15, 0.2) is 48.8 Å². The standard InChI is InChI=1S/C19H19N7/c1-21-11-12-3-5-13(6-4-12)15-16-18(25-19(20)24-15)26(2)17(23-16)14-7-9-22-10-8-14/h3-10,21H,11H2,1-2H3,(H2,20,24,25). The zero-order chi connectivity index (χ0) is 18.1. The fourth-order valence-corrected chi connectivity index (χ4v) is 3.02. The molecule has 0 unspecified atom stereocenters. The highest BCUT2D eigenvalue weighted by Crippen LogP contribution is 2.29. The molecule has 7 nitrogen and oxygen atoms in total. The number of nitrogens with one attached hydrogen (secondary N) is 1. The second kappa shape index (κ2) is 6.53. The van der Waals surface area contributed by atoms with Crippen molar-refractivity contribution in [3.8, 4) is 22.6 Å². The van der Waals surface area contributed by atoms with Gasteiger partial charge in [0.1, 0.15) is 17.0 Å². The molecule has 1 aromatic carbocycles. The highest BCUT2D eigenvalue weighted by molar-refractivity contribution is 5.90. The molecule has 0 atom stereocenters. The minimum absolute atomic E-state index is 0.232. The van der Waals surface area contributed by atoms with E-state index in [1.54, 1.807) is 12.4 Å². The van der Waals surface area contributed by atoms with Gasteiger partial charge in [0, 0.05) is 37.1 Å². The molecule has 7 heteroatoms. The van der Waals surface area contributed by atoms with E-state index in [9.17, 15) is 0 Å². The predicted molar refractivity (Wildman–Crippen MR) is 102 cm³/mol. The van der Waals surface area contributed by atoms with Crippen LogP contribution in [0.5, 0.6) is 0 Å². The van der Waals surface area contributed by atoms with E-state index in [1.165, 1.54) is 5.56 Å². The van der Waals surface area contributed by atoms with Crippen molar-refractivity contribution in [1.82, 2.24) is 29.8 Å². The Morgan fingerprint density at radius 1 is 0.962 bits per heavy atom. The summed E-state index contributed by atoms with van der Waals surface area (Å²) in [6.45, 7) is 0.817. The van der Waals surface area contributed by atoms with Gasteiger partial charge in [0.15, 0.2) is 5.65 Å². The van der Waals surface area contributed by atoms with E-state index in [4.69, 9.17) is 10.7 Å². The first kappa shape index (κ1) is 16.2. The quantitative estimate of drug-likeness (QED) is 0.590. The number of aryl methyl sites for hydroxylation is 1. The number of hydrogen-bond acceptors (Lipinski definition) is 6. The molecular formula is C19H19N7. The molecule has 4 rings (SSSR count). The molecule has 0 bridgehead atoms. The van der Waals surface area contributed by atoms with Gasteiger partial charge in [-0.3, -0.25) is 4.98 Å². The van der Waals surface area contributed by atoms with Crippen LogP contribution in [-0.4, -0.2) is 31.6 Å². The van der Waals surface area contributed by atoms with Crippen LogP contribution in [0.3, 0.4) is 0 Å². The van der Waals surface area contributed by atoms with Crippen molar-refractivity contribution < 1.29 is 0 Å². The summed E-state index contributed by atoms with van der Waals surface area (Å²) in [7, 11) is 3.86. The smallest absolute Gasteiger partial charge is 0.222 e. The molecule has 0 spiro atoms. The number of aromatic nitrogens is 5. The summed E-state index contributed by atoms with van der Waals surface area (Å²) < 4.78 is 1.93. The third kappa shape index (κ3) is 2.78. The minimum Gasteiger partial charge on any atom is -0.368 e. The lowest BCUT2D eigenvalue weighted by Gasteiger charge is -2.05. The Kier molecular flexibility index (Phi) is 4.06. The topological polar surface area (TPSA) is 94.5 Å². The third-order valence-corrected chi connectivity index (χ3v) is 4.28. The van der Waals surface area contributed by atoms with E-state index >= 15 is 0 Å². The van der Waals surface area contributed by atoms with E-state index in [0.717, 1.165) is 34.7 Å². The molecule has 0 saturated heterocycles. The summed E-state index contributed by atoms with van der Waals surface area (Å²) in [5, 5.41) is 3.14. The Labute approximate surface area is 151 Å². The molecule has 0 radical (unpaired) electrons. The van der Waals surface area contributed by atoms with Gasteiger partial charge in [0.05, 0.1) is 0 Å². The zero-order valence-electron chi connectivity index (χ0n) is 14.6. The van der Waals surface area contributed by atoms with E-state index in [0.29, 0.717) is 5.65 Å². The molecule has 0 amide bonds. The summed E-state index contributed by atoms with van der Waals surface area (Å²) in [6, 6.07) is 12.1. The number of anilines is 1. The average molecular weight is 345 g/mol. The maximum absolute atomic E-state index is 5.97. The van der Waals surface area contributed by atoms with E-state index in [-0.39, 0.29) is 5.95 Å². The Hall–Kier alpha value is -3.32. The van der Waals surface area contributed by atoms with Gasteiger partial charge in [-0.15, -0.1) is 0 Å². The maximum Gasteiger partial charge on any atom is 0.222 e. The van der Waals surface area contributed by atoms with Crippen molar-refractivity contribution in [2.45, 2.75) is 6.54 Å². The molecule has 26 heavy (non-hydrogen) atoms. The summed E-state index contributed by atoms with van der Waals surface area (Å²) in [5.41, 5.74) is 11.3. The summed E-state index contributed by atoms with van der Waals surface area (Å²) >= 11 is 0. The molecule has 4 aromatic rings. The van der Waals surface area contributed by atoms with Crippen molar-refractivity contribution in [2.75, 3.05) is 12.8 Å². The number of nitrogens with zero attached hydrogens (tertiary/aromatic N) is 5. The van der Waals surface area contributed by atoms with Crippen LogP contribution >= 0.6 is 0 Å². The summed E-state index contributed by atoms with van der Waals surface area (Å²) in [6.07, 6.45) is 3.49. The predicted octanol–water partition coefficient (Wildman–Crippen LogP) is 2.39. The van der Waals surface area contributed by atoms with E-state index in [1.807, 2.05) is 42.9 Å². The largest absolute Gasteiger partial charge is 0.368 e. The highest BCUT2D eigenvalue weighted by Gasteiger charge is 2.17. The number of hydrogen-bond donors (Lipinski definition) is 2. The van der Waals surface area contributed by atoms with Crippen LogP contribution in [0, 0.1) is 0 Å². The Morgan fingerprint density at radius 2 is 1.69 bits per heavy atom. The SMILES string of the molecule is CNCc1ccc(-c2nc(N)nc3c2nc(-c2ccncc2)n3C)cc1. The second-order valence-corrected chi connectivity index (χ2v) is 6.06. The first-order chi connectivity index (χ1) is 12.7. The molecule has 0 aliphatic heterocycles. The molecular weight excluding hydrogens is 326 g/mol. The van der Waals surface area contributed by atoms with E-state index < -0.39 is 0 Å². The number of pyridine rings is 1. The molecule has 3 N–H and O–H groups in total. The lowest BCUT2D eigenvalue weighted by atomic mass is 10.1. The summed E-state index contributed by atoms with van der Waals surface area (Å²) in [5.74, 6) is 1.03. The Bertz CT molecular complexity index is 1050. The van der Waals surface area contributed by atoms with Crippen LogP contribution in [0.4, 0.5) is 5.95 Å². The van der Waals surface area contributed by atoms with Crippen LogP contribution in [0.1, 0.15) is 5.56 Å². The van der Waals surface area contributed by atoms with Crippen molar-refractivity contribution in [3.05, 3.63) is 54.4 Å². The molecule has 3 heterocycles. The number of benzene rings is 1. The number of nitrogen functional groups attached to an aromatic ring is 1. The highest BCUT2D eigenvalue weighted by atomic mass is 15.2. The van der Waals surface area contributed by atoms with E-state index in [2.05, 4.69) is 32.4 Å². The molecule has 0 saturated carbocycles. The second-order valence-electron chi connectivity index (χ2n) is 6.06. The van der Waals surface area contributed by atoms with Crippen molar-refractivity contribution >= 4 is 17.1 Å². The van der Waals surface area contributed by atoms with Gasteiger partial charge in [0.25, 0.3) is 0 Å². The van der Waals surface area contributed by atoms with Gasteiger partial charge >= 0.3 is 0 Å². The molecule has 130 valence electrons. The molecule has 0 fully saturated rings. The third-order valence-electron chi connectivity index (χ3n) is 4.28. The zero-order valence-corrected chi connectivity index (χ0v) is 14.6. The van der Waals surface area contributed by atoms with Gasteiger partial charge in [-0.05, 0) is 24.7 Å².